The van der Waals surface area contributed by atoms with Gasteiger partial charge in [0.25, 0.3) is 0 Å². The van der Waals surface area contributed by atoms with Gasteiger partial charge in [0.05, 0.1) is 24.9 Å². The summed E-state index contributed by atoms with van der Waals surface area (Å²) < 4.78 is 23.1. The maximum absolute atomic E-state index is 12.7. The molecule has 2 aliphatic heterocycles. The van der Waals surface area contributed by atoms with E-state index in [4.69, 9.17) is 18.9 Å². The molecule has 0 unspecified atom stereocenters. The molecular weight excluding hydrogens is 498 g/mol. The van der Waals surface area contributed by atoms with Crippen molar-refractivity contribution in [3.8, 4) is 11.5 Å². The molecule has 3 N–H and O–H groups in total. The van der Waals surface area contributed by atoms with Crippen molar-refractivity contribution in [2.75, 3.05) is 23.8 Å². The van der Waals surface area contributed by atoms with Crippen molar-refractivity contribution >= 4 is 34.3 Å². The molecule has 2 fully saturated rings. The van der Waals surface area contributed by atoms with Crippen molar-refractivity contribution < 1.29 is 28.5 Å². The lowest BCUT2D eigenvalue weighted by Gasteiger charge is -2.18. The van der Waals surface area contributed by atoms with Crippen molar-refractivity contribution in [1.29, 1.82) is 0 Å². The van der Waals surface area contributed by atoms with Crippen molar-refractivity contribution in [2.24, 2.45) is 0 Å². The quantitative estimate of drug-likeness (QED) is 0.305. The third kappa shape index (κ3) is 5.64. The average molecular weight is 526 g/mol. The SMILES string of the molecule is O=C(Nc1ccc(Oc2ccccc2)cc1)N[C@H]1CO[C@H]2[C@@H]1OC[C@H]2OC(=O)Nc1cccc2ccccc12. The fourth-order valence-electron chi connectivity index (χ4n) is 4.87. The maximum atomic E-state index is 12.7. The average Bonchev–Trinajstić information content (AvgIpc) is 3.53. The smallest absolute Gasteiger partial charge is 0.412 e. The molecule has 2 aliphatic rings. The Labute approximate surface area is 225 Å². The Morgan fingerprint density at radius 3 is 2.28 bits per heavy atom. The molecule has 198 valence electrons. The van der Waals surface area contributed by atoms with Crippen molar-refractivity contribution in [3.63, 3.8) is 0 Å². The topological polar surface area (TPSA) is 107 Å². The van der Waals surface area contributed by atoms with Crippen LogP contribution in [-0.2, 0) is 14.2 Å². The molecule has 4 aromatic rings. The number of anilines is 2. The number of hydrogen-bond donors (Lipinski definition) is 3. The Morgan fingerprint density at radius 2 is 1.44 bits per heavy atom. The van der Waals surface area contributed by atoms with Gasteiger partial charge < -0.3 is 29.6 Å². The molecule has 2 saturated heterocycles. The number of hydrogen-bond acceptors (Lipinski definition) is 6. The summed E-state index contributed by atoms with van der Waals surface area (Å²) in [5, 5.41) is 10.5. The van der Waals surface area contributed by atoms with E-state index in [1.54, 1.807) is 24.3 Å². The van der Waals surface area contributed by atoms with Gasteiger partial charge in [0.2, 0.25) is 0 Å². The number of amides is 3. The molecule has 2 heterocycles. The maximum Gasteiger partial charge on any atom is 0.412 e. The fraction of sp³-hybridized carbons (Fsp3) is 0.200. The van der Waals surface area contributed by atoms with Gasteiger partial charge in [0, 0.05) is 11.1 Å². The van der Waals surface area contributed by atoms with Gasteiger partial charge in [-0.3, -0.25) is 5.32 Å². The van der Waals surface area contributed by atoms with Gasteiger partial charge in [-0.1, -0.05) is 54.6 Å². The van der Waals surface area contributed by atoms with Crippen LogP contribution in [0.3, 0.4) is 0 Å². The highest BCUT2D eigenvalue weighted by atomic mass is 16.6. The molecule has 0 radical (unpaired) electrons. The highest BCUT2D eigenvalue weighted by molar-refractivity contribution is 6.00. The lowest BCUT2D eigenvalue weighted by atomic mass is 10.1. The second kappa shape index (κ2) is 11.0. The molecule has 6 rings (SSSR count). The van der Waals surface area contributed by atoms with Crippen LogP contribution >= 0.6 is 0 Å². The van der Waals surface area contributed by atoms with E-state index in [-0.39, 0.29) is 25.3 Å². The molecule has 3 amide bonds. The van der Waals surface area contributed by atoms with Crippen molar-refractivity contribution in [3.05, 3.63) is 97.1 Å². The van der Waals surface area contributed by atoms with E-state index in [1.807, 2.05) is 72.8 Å². The van der Waals surface area contributed by atoms with E-state index in [9.17, 15) is 9.59 Å². The summed E-state index contributed by atoms with van der Waals surface area (Å²) in [6, 6.07) is 29.2. The van der Waals surface area contributed by atoms with Gasteiger partial charge in [-0.25, -0.2) is 9.59 Å². The molecule has 0 aromatic heterocycles. The predicted molar refractivity (Wildman–Crippen MR) is 146 cm³/mol. The Balaban J connectivity index is 0.997. The van der Waals surface area contributed by atoms with Crippen LogP contribution in [-0.4, -0.2) is 49.7 Å². The van der Waals surface area contributed by atoms with Gasteiger partial charge in [-0.15, -0.1) is 0 Å². The lowest BCUT2D eigenvalue weighted by Crippen LogP contribution is -2.46. The zero-order valence-electron chi connectivity index (χ0n) is 20.9. The van der Waals surface area contributed by atoms with Crippen LogP contribution in [0.4, 0.5) is 21.0 Å². The van der Waals surface area contributed by atoms with Crippen LogP contribution in [0.5, 0.6) is 11.5 Å². The number of carbonyl (C=O) groups is 2. The van der Waals surface area contributed by atoms with Gasteiger partial charge >= 0.3 is 12.1 Å². The summed E-state index contributed by atoms with van der Waals surface area (Å²) in [6.07, 6.45) is -2.06. The third-order valence-corrected chi connectivity index (χ3v) is 6.70. The third-order valence-electron chi connectivity index (χ3n) is 6.70. The molecule has 9 nitrogen and oxygen atoms in total. The number of benzene rings is 4. The summed E-state index contributed by atoms with van der Waals surface area (Å²) in [6.45, 7) is 0.429. The highest BCUT2D eigenvalue weighted by Gasteiger charge is 2.50. The number of urea groups is 1. The van der Waals surface area contributed by atoms with Crippen LogP contribution in [0.25, 0.3) is 10.8 Å². The second-order valence-corrected chi connectivity index (χ2v) is 9.34. The van der Waals surface area contributed by atoms with Crippen LogP contribution in [0.15, 0.2) is 97.1 Å². The molecule has 9 heteroatoms. The van der Waals surface area contributed by atoms with E-state index in [1.165, 1.54) is 0 Å². The number of nitrogens with one attached hydrogen (secondary N) is 3. The number of rotatable bonds is 6. The summed E-state index contributed by atoms with van der Waals surface area (Å²) in [7, 11) is 0. The minimum atomic E-state index is -0.586. The van der Waals surface area contributed by atoms with Crippen LogP contribution in [0, 0.1) is 0 Å². The fourth-order valence-corrected chi connectivity index (χ4v) is 4.87. The highest BCUT2D eigenvalue weighted by Crippen LogP contribution is 2.30. The van der Waals surface area contributed by atoms with Crippen LogP contribution in [0.1, 0.15) is 0 Å². The standard InChI is InChI=1S/C30H27N3O6/c34-29(31-20-13-15-22(16-14-20)38-21-9-2-1-3-10-21)32-25-17-36-28-26(18-37-27(25)28)39-30(35)33-24-12-6-8-19-7-4-5-11-23(19)24/h1-16,25-28H,17-18H2,(H,33,35)(H2,31,32,34)/t25-,26+,27+,28+/m0/s1. The normalized spacial score (nSPS) is 21.6. The largest absolute Gasteiger partial charge is 0.457 e. The number of carbonyl (C=O) groups excluding carboxylic acids is 2. The molecule has 0 bridgehead atoms. The molecule has 4 aromatic carbocycles. The first-order chi connectivity index (χ1) is 19.1. The van der Waals surface area contributed by atoms with Crippen LogP contribution in [0.2, 0.25) is 0 Å². The zero-order valence-corrected chi connectivity index (χ0v) is 20.9. The molecule has 0 spiro atoms. The lowest BCUT2D eigenvalue weighted by molar-refractivity contribution is 0.00874. The van der Waals surface area contributed by atoms with E-state index < -0.39 is 24.4 Å². The van der Waals surface area contributed by atoms with E-state index in [0.717, 1.165) is 16.5 Å². The number of ether oxygens (including phenoxy) is 4. The van der Waals surface area contributed by atoms with E-state index >= 15 is 0 Å². The minimum Gasteiger partial charge on any atom is -0.457 e. The van der Waals surface area contributed by atoms with Gasteiger partial charge in [-0.05, 0) is 47.9 Å². The summed E-state index contributed by atoms with van der Waals surface area (Å²) in [4.78, 5) is 25.3. The predicted octanol–water partition coefficient (Wildman–Crippen LogP) is 5.54. The van der Waals surface area contributed by atoms with Gasteiger partial charge in [0.15, 0.2) is 6.10 Å². The summed E-state index contributed by atoms with van der Waals surface area (Å²) in [5.74, 6) is 1.39. The Morgan fingerprint density at radius 1 is 0.718 bits per heavy atom. The second-order valence-electron chi connectivity index (χ2n) is 9.34. The number of para-hydroxylation sites is 1. The zero-order chi connectivity index (χ0) is 26.6. The van der Waals surface area contributed by atoms with Crippen molar-refractivity contribution in [1.82, 2.24) is 5.32 Å². The molecular formula is C30H27N3O6. The Kier molecular flexibility index (Phi) is 6.99. The molecule has 4 atom stereocenters. The molecule has 0 saturated carbocycles. The number of fused-ring (bicyclic) bond motifs is 2. The van der Waals surface area contributed by atoms with Crippen molar-refractivity contribution in [2.45, 2.75) is 24.4 Å². The molecule has 0 aliphatic carbocycles. The Bertz CT molecular complexity index is 1460. The van der Waals surface area contributed by atoms with Gasteiger partial charge in [-0.2, -0.15) is 0 Å². The first-order valence-corrected chi connectivity index (χ1v) is 12.7. The minimum absolute atomic E-state index is 0.182. The summed E-state index contributed by atoms with van der Waals surface area (Å²) >= 11 is 0. The monoisotopic (exact) mass is 525 g/mol. The first-order valence-electron chi connectivity index (χ1n) is 12.7. The summed E-state index contributed by atoms with van der Waals surface area (Å²) in [5.41, 5.74) is 1.28. The first kappa shape index (κ1) is 24.7. The van der Waals surface area contributed by atoms with Crippen LogP contribution < -0.4 is 20.7 Å². The molecule has 39 heavy (non-hydrogen) atoms. The van der Waals surface area contributed by atoms with E-state index in [0.29, 0.717) is 17.1 Å². The van der Waals surface area contributed by atoms with E-state index in [2.05, 4.69) is 16.0 Å². The Hall–Kier alpha value is -4.60. The van der Waals surface area contributed by atoms with Gasteiger partial charge in [0.1, 0.15) is 23.7 Å².